The van der Waals surface area contributed by atoms with Gasteiger partial charge in [0.25, 0.3) is 5.91 Å². The number of aliphatic hydroxyl groups is 1. The maximum absolute atomic E-state index is 12.4. The lowest BCUT2D eigenvalue weighted by molar-refractivity contribution is 0.0786. The highest BCUT2D eigenvalue weighted by Gasteiger charge is 2.14. The van der Waals surface area contributed by atoms with Gasteiger partial charge in [0.15, 0.2) is 0 Å². The van der Waals surface area contributed by atoms with Gasteiger partial charge < -0.3 is 14.9 Å². The first-order valence-electron chi connectivity index (χ1n) is 6.50. The van der Waals surface area contributed by atoms with Gasteiger partial charge in [0.2, 0.25) is 0 Å². The summed E-state index contributed by atoms with van der Waals surface area (Å²) >= 11 is 0. The van der Waals surface area contributed by atoms with Crippen molar-refractivity contribution in [3.05, 3.63) is 29.6 Å². The molecule has 0 bridgehead atoms. The monoisotopic (exact) mass is 275 g/mol. The number of carbonyl (C=O) groups is 1. The Balaban J connectivity index is 2.85. The molecular weight excluding hydrogens is 254 g/mol. The largest absolute Gasteiger partial charge is 0.395 e. The lowest BCUT2D eigenvalue weighted by atomic mass is 10.1. The second-order valence-corrected chi connectivity index (χ2v) is 4.73. The number of pyridine rings is 1. The van der Waals surface area contributed by atoms with Crippen molar-refractivity contribution < 1.29 is 9.90 Å². The van der Waals surface area contributed by atoms with E-state index < -0.39 is 0 Å². The molecule has 1 amide bonds. The fourth-order valence-corrected chi connectivity index (χ4v) is 1.55. The highest BCUT2D eigenvalue weighted by atomic mass is 16.2. The van der Waals surface area contributed by atoms with E-state index in [0.717, 1.165) is 6.54 Å². The molecule has 0 unspecified atom stereocenters. The molecule has 1 aromatic heterocycles. The van der Waals surface area contributed by atoms with Gasteiger partial charge in [0, 0.05) is 39.0 Å². The maximum Gasteiger partial charge on any atom is 0.255 e. The topological polar surface area (TPSA) is 56.7 Å². The quantitative estimate of drug-likeness (QED) is 0.793. The SMILES string of the molecule is CN(C)CCN(C)C(=O)c1ccncc1C#CCCO. The summed E-state index contributed by atoms with van der Waals surface area (Å²) < 4.78 is 0. The van der Waals surface area contributed by atoms with Crippen LogP contribution in [-0.4, -0.2) is 66.6 Å². The molecule has 1 aromatic rings. The van der Waals surface area contributed by atoms with Crippen LogP contribution in [0.4, 0.5) is 0 Å². The molecule has 0 spiro atoms. The number of aromatic nitrogens is 1. The summed E-state index contributed by atoms with van der Waals surface area (Å²) in [6, 6.07) is 1.68. The number of nitrogens with zero attached hydrogens (tertiary/aromatic N) is 3. The molecule has 0 saturated heterocycles. The highest BCUT2D eigenvalue weighted by Crippen LogP contribution is 2.08. The zero-order valence-corrected chi connectivity index (χ0v) is 12.3. The normalized spacial score (nSPS) is 10.1. The van der Waals surface area contributed by atoms with Gasteiger partial charge in [0.1, 0.15) is 0 Å². The summed E-state index contributed by atoms with van der Waals surface area (Å²) in [4.78, 5) is 20.1. The van der Waals surface area contributed by atoms with Crippen LogP contribution in [0.3, 0.4) is 0 Å². The standard InChI is InChI=1S/C15H21N3O2/c1-17(2)9-10-18(3)15(20)14-7-8-16-12-13(14)6-4-5-11-19/h7-8,12,19H,5,9-11H2,1-3H3. The van der Waals surface area contributed by atoms with E-state index in [2.05, 4.69) is 16.8 Å². The molecule has 0 aliphatic heterocycles. The lowest BCUT2D eigenvalue weighted by Gasteiger charge is -2.20. The summed E-state index contributed by atoms with van der Waals surface area (Å²) in [6.07, 6.45) is 3.56. The van der Waals surface area contributed by atoms with Crippen molar-refractivity contribution in [1.82, 2.24) is 14.8 Å². The van der Waals surface area contributed by atoms with Crippen molar-refractivity contribution in [2.75, 3.05) is 40.8 Å². The number of hydrogen-bond acceptors (Lipinski definition) is 4. The van der Waals surface area contributed by atoms with E-state index in [4.69, 9.17) is 5.11 Å². The average molecular weight is 275 g/mol. The van der Waals surface area contributed by atoms with Gasteiger partial charge in [-0.2, -0.15) is 0 Å². The third-order valence-corrected chi connectivity index (χ3v) is 2.74. The molecule has 0 atom stereocenters. The molecule has 0 aliphatic rings. The molecule has 0 fully saturated rings. The Kier molecular flexibility index (Phi) is 6.71. The molecule has 0 aliphatic carbocycles. The highest BCUT2D eigenvalue weighted by molar-refractivity contribution is 5.96. The fraction of sp³-hybridized carbons (Fsp3) is 0.467. The minimum absolute atomic E-state index is 0.0132. The van der Waals surface area contributed by atoms with E-state index in [-0.39, 0.29) is 12.5 Å². The van der Waals surface area contributed by atoms with Crippen molar-refractivity contribution in [1.29, 1.82) is 0 Å². The predicted octanol–water partition coefficient (Wildman–Crippen LogP) is 0.449. The van der Waals surface area contributed by atoms with Crippen LogP contribution < -0.4 is 0 Å². The molecular formula is C15H21N3O2. The molecule has 0 radical (unpaired) electrons. The number of likely N-dealkylation sites (N-methyl/N-ethyl adjacent to an activating group) is 2. The molecule has 1 N–H and O–H groups in total. The Bertz CT molecular complexity index is 503. The minimum Gasteiger partial charge on any atom is -0.395 e. The molecule has 5 heteroatoms. The lowest BCUT2D eigenvalue weighted by Crippen LogP contribution is -2.33. The van der Waals surface area contributed by atoms with Crippen molar-refractivity contribution in [3.8, 4) is 11.8 Å². The summed E-state index contributed by atoms with van der Waals surface area (Å²) in [5, 5.41) is 8.73. The first-order chi connectivity index (χ1) is 9.56. The van der Waals surface area contributed by atoms with Crippen LogP contribution in [0, 0.1) is 11.8 Å². The Hall–Kier alpha value is -1.90. The van der Waals surface area contributed by atoms with Crippen LogP contribution in [0.2, 0.25) is 0 Å². The second-order valence-electron chi connectivity index (χ2n) is 4.73. The molecule has 1 heterocycles. The van der Waals surface area contributed by atoms with E-state index in [9.17, 15) is 4.79 Å². The number of carbonyl (C=O) groups excluding carboxylic acids is 1. The smallest absolute Gasteiger partial charge is 0.255 e. The average Bonchev–Trinajstić information content (AvgIpc) is 2.44. The number of aliphatic hydroxyl groups excluding tert-OH is 1. The first-order valence-corrected chi connectivity index (χ1v) is 6.50. The maximum atomic E-state index is 12.4. The van der Waals surface area contributed by atoms with E-state index in [1.807, 2.05) is 19.0 Å². The fourth-order valence-electron chi connectivity index (χ4n) is 1.55. The zero-order valence-electron chi connectivity index (χ0n) is 12.3. The van der Waals surface area contributed by atoms with Crippen molar-refractivity contribution in [2.24, 2.45) is 0 Å². The predicted molar refractivity (Wildman–Crippen MR) is 78.3 cm³/mol. The van der Waals surface area contributed by atoms with Crippen LogP contribution in [0.5, 0.6) is 0 Å². The minimum atomic E-state index is -0.0671. The first kappa shape index (κ1) is 16.2. The third kappa shape index (κ3) is 5.00. The van der Waals surface area contributed by atoms with Crippen LogP contribution in [0.1, 0.15) is 22.3 Å². The number of hydrogen-bond donors (Lipinski definition) is 1. The molecule has 108 valence electrons. The van der Waals surface area contributed by atoms with Gasteiger partial charge in [-0.05, 0) is 20.2 Å². The van der Waals surface area contributed by atoms with Crippen LogP contribution in [0.25, 0.3) is 0 Å². The van der Waals surface area contributed by atoms with E-state index in [1.54, 1.807) is 30.4 Å². The Morgan fingerprint density at radius 2 is 2.10 bits per heavy atom. The van der Waals surface area contributed by atoms with Gasteiger partial charge in [-0.1, -0.05) is 11.8 Å². The van der Waals surface area contributed by atoms with E-state index in [0.29, 0.717) is 24.1 Å². The van der Waals surface area contributed by atoms with Crippen molar-refractivity contribution in [3.63, 3.8) is 0 Å². The second kappa shape index (κ2) is 8.31. The molecule has 0 aromatic carbocycles. The van der Waals surface area contributed by atoms with Gasteiger partial charge in [-0.15, -0.1) is 0 Å². The van der Waals surface area contributed by atoms with Crippen LogP contribution >= 0.6 is 0 Å². The van der Waals surface area contributed by atoms with Crippen LogP contribution in [-0.2, 0) is 0 Å². The summed E-state index contributed by atoms with van der Waals surface area (Å²) in [5.41, 5.74) is 1.15. The van der Waals surface area contributed by atoms with Gasteiger partial charge in [0.05, 0.1) is 17.7 Å². The summed E-state index contributed by atoms with van der Waals surface area (Å²) in [6.45, 7) is 1.47. The van der Waals surface area contributed by atoms with Gasteiger partial charge >= 0.3 is 0 Å². The third-order valence-electron chi connectivity index (χ3n) is 2.74. The zero-order chi connectivity index (χ0) is 15.0. The van der Waals surface area contributed by atoms with Crippen molar-refractivity contribution >= 4 is 5.91 Å². The molecule has 0 saturated carbocycles. The number of amides is 1. The number of rotatable bonds is 5. The Labute approximate surface area is 120 Å². The van der Waals surface area contributed by atoms with Gasteiger partial charge in [-0.3, -0.25) is 9.78 Å². The molecule has 5 nitrogen and oxygen atoms in total. The molecule has 20 heavy (non-hydrogen) atoms. The van der Waals surface area contributed by atoms with Crippen LogP contribution in [0.15, 0.2) is 18.5 Å². The Morgan fingerprint density at radius 1 is 1.35 bits per heavy atom. The van der Waals surface area contributed by atoms with E-state index in [1.165, 1.54) is 0 Å². The van der Waals surface area contributed by atoms with Crippen molar-refractivity contribution in [2.45, 2.75) is 6.42 Å². The summed E-state index contributed by atoms with van der Waals surface area (Å²) in [7, 11) is 5.71. The van der Waals surface area contributed by atoms with E-state index >= 15 is 0 Å². The molecule has 1 rings (SSSR count). The Morgan fingerprint density at radius 3 is 2.75 bits per heavy atom. The van der Waals surface area contributed by atoms with Gasteiger partial charge in [-0.25, -0.2) is 0 Å². The summed E-state index contributed by atoms with van der Waals surface area (Å²) in [5.74, 6) is 5.63.